The highest BCUT2D eigenvalue weighted by molar-refractivity contribution is 9.10. The minimum atomic E-state index is -3.54. The third kappa shape index (κ3) is 2.87. The lowest BCUT2D eigenvalue weighted by Crippen LogP contribution is -2.34. The third-order valence-electron chi connectivity index (χ3n) is 2.76. The van der Waals surface area contributed by atoms with Gasteiger partial charge in [-0.05, 0) is 41.3 Å². The third-order valence-corrected chi connectivity index (χ3v) is 5.57. The second-order valence-electron chi connectivity index (χ2n) is 4.29. The quantitative estimate of drug-likeness (QED) is 0.764. The molecule has 0 atom stereocenters. The Morgan fingerprint density at radius 2 is 2.22 bits per heavy atom. The van der Waals surface area contributed by atoms with Crippen molar-refractivity contribution in [3.05, 3.63) is 21.9 Å². The first kappa shape index (κ1) is 14.2. The van der Waals surface area contributed by atoms with E-state index in [4.69, 9.17) is 11.6 Å². The standard InChI is InChI=1S/C11H14BrClN2O2S/c1-2-5-15(9-3-4-9)18(16,17)10-6-8(12)7-14-11(10)13/h6-7,9H,2-5H2,1H3. The molecule has 1 fully saturated rings. The van der Waals surface area contributed by atoms with Gasteiger partial charge in [-0.25, -0.2) is 13.4 Å². The Balaban J connectivity index is 2.42. The fraction of sp³-hybridized carbons (Fsp3) is 0.545. The molecular formula is C11H14BrClN2O2S. The summed E-state index contributed by atoms with van der Waals surface area (Å²) in [6, 6.07) is 1.64. The monoisotopic (exact) mass is 352 g/mol. The SMILES string of the molecule is CCCN(C1CC1)S(=O)(=O)c1cc(Br)cnc1Cl. The summed E-state index contributed by atoms with van der Waals surface area (Å²) >= 11 is 9.14. The van der Waals surface area contributed by atoms with Crippen LogP contribution < -0.4 is 0 Å². The van der Waals surface area contributed by atoms with Crippen LogP contribution in [-0.2, 0) is 10.0 Å². The second kappa shape index (κ2) is 5.45. The highest BCUT2D eigenvalue weighted by Gasteiger charge is 2.38. The number of aromatic nitrogens is 1. The number of sulfonamides is 1. The van der Waals surface area contributed by atoms with Crippen LogP contribution in [0.25, 0.3) is 0 Å². The first-order valence-electron chi connectivity index (χ1n) is 5.79. The summed E-state index contributed by atoms with van der Waals surface area (Å²) in [5, 5.41) is 0.0277. The molecule has 0 saturated heterocycles. The molecule has 2 rings (SSSR count). The maximum atomic E-state index is 12.6. The fourth-order valence-corrected chi connectivity index (χ4v) is 4.49. The van der Waals surface area contributed by atoms with Crippen LogP contribution in [0.1, 0.15) is 26.2 Å². The van der Waals surface area contributed by atoms with Crippen LogP contribution in [-0.4, -0.2) is 30.3 Å². The maximum absolute atomic E-state index is 12.6. The molecule has 100 valence electrons. The predicted molar refractivity (Wildman–Crippen MR) is 74.2 cm³/mol. The van der Waals surface area contributed by atoms with Gasteiger partial charge in [-0.2, -0.15) is 4.31 Å². The van der Waals surface area contributed by atoms with Crippen LogP contribution in [0.3, 0.4) is 0 Å². The molecule has 0 bridgehead atoms. The van der Waals surface area contributed by atoms with Gasteiger partial charge in [0.1, 0.15) is 10.0 Å². The lowest BCUT2D eigenvalue weighted by Gasteiger charge is -2.21. The summed E-state index contributed by atoms with van der Waals surface area (Å²) in [6.45, 7) is 2.49. The Morgan fingerprint density at radius 3 is 2.78 bits per heavy atom. The number of rotatable bonds is 5. The lowest BCUT2D eigenvalue weighted by atomic mass is 10.5. The van der Waals surface area contributed by atoms with Crippen molar-refractivity contribution in [1.29, 1.82) is 0 Å². The van der Waals surface area contributed by atoms with E-state index in [1.54, 1.807) is 4.31 Å². The van der Waals surface area contributed by atoms with E-state index in [9.17, 15) is 8.42 Å². The van der Waals surface area contributed by atoms with Crippen molar-refractivity contribution < 1.29 is 8.42 Å². The topological polar surface area (TPSA) is 50.3 Å². The van der Waals surface area contributed by atoms with Gasteiger partial charge in [-0.15, -0.1) is 0 Å². The van der Waals surface area contributed by atoms with Crippen molar-refractivity contribution in [3.8, 4) is 0 Å². The highest BCUT2D eigenvalue weighted by atomic mass is 79.9. The van der Waals surface area contributed by atoms with Gasteiger partial charge in [0.2, 0.25) is 10.0 Å². The van der Waals surface area contributed by atoms with Crippen molar-refractivity contribution >= 4 is 37.6 Å². The Kier molecular flexibility index (Phi) is 4.31. The summed E-state index contributed by atoms with van der Waals surface area (Å²) < 4.78 is 27.3. The largest absolute Gasteiger partial charge is 0.246 e. The van der Waals surface area contributed by atoms with E-state index in [2.05, 4.69) is 20.9 Å². The number of hydrogen-bond donors (Lipinski definition) is 0. The molecule has 0 radical (unpaired) electrons. The van der Waals surface area contributed by atoms with E-state index in [1.807, 2.05) is 6.92 Å². The van der Waals surface area contributed by atoms with Gasteiger partial charge in [-0.1, -0.05) is 18.5 Å². The van der Waals surface area contributed by atoms with Gasteiger partial charge < -0.3 is 0 Å². The zero-order valence-electron chi connectivity index (χ0n) is 9.94. The molecule has 18 heavy (non-hydrogen) atoms. The molecule has 0 spiro atoms. The van der Waals surface area contributed by atoms with Crippen LogP contribution >= 0.6 is 27.5 Å². The Labute approximate surface area is 121 Å². The van der Waals surface area contributed by atoms with Crippen molar-refractivity contribution in [2.45, 2.75) is 37.1 Å². The van der Waals surface area contributed by atoms with E-state index in [0.29, 0.717) is 11.0 Å². The highest BCUT2D eigenvalue weighted by Crippen LogP contribution is 2.34. The maximum Gasteiger partial charge on any atom is 0.246 e. The molecule has 7 heteroatoms. The number of nitrogens with zero attached hydrogens (tertiary/aromatic N) is 2. The normalized spacial score (nSPS) is 16.2. The van der Waals surface area contributed by atoms with Crippen molar-refractivity contribution in [2.75, 3.05) is 6.54 Å². The van der Waals surface area contributed by atoms with Crippen molar-refractivity contribution in [1.82, 2.24) is 9.29 Å². The van der Waals surface area contributed by atoms with E-state index in [-0.39, 0.29) is 16.1 Å². The molecule has 0 amide bonds. The minimum absolute atomic E-state index is 0.0277. The predicted octanol–water partition coefficient (Wildman–Crippen LogP) is 3.06. The average Bonchev–Trinajstić information content (AvgIpc) is 3.13. The van der Waals surface area contributed by atoms with Crippen molar-refractivity contribution in [2.24, 2.45) is 0 Å². The summed E-state index contributed by atoms with van der Waals surface area (Å²) in [5.74, 6) is 0. The molecule has 0 unspecified atom stereocenters. The van der Waals surface area contributed by atoms with E-state index < -0.39 is 10.0 Å². The van der Waals surface area contributed by atoms with Gasteiger partial charge in [0.05, 0.1) is 0 Å². The van der Waals surface area contributed by atoms with Crippen LogP contribution in [0.5, 0.6) is 0 Å². The second-order valence-corrected chi connectivity index (χ2v) is 7.42. The fourth-order valence-electron chi connectivity index (χ4n) is 1.79. The van der Waals surface area contributed by atoms with E-state index >= 15 is 0 Å². The molecular weight excluding hydrogens is 340 g/mol. The van der Waals surface area contributed by atoms with Gasteiger partial charge in [0, 0.05) is 23.3 Å². The average molecular weight is 354 g/mol. The molecule has 0 aromatic carbocycles. The van der Waals surface area contributed by atoms with Crippen LogP contribution in [0.2, 0.25) is 5.15 Å². The molecule has 1 heterocycles. The van der Waals surface area contributed by atoms with Crippen LogP contribution in [0, 0.1) is 0 Å². The Hall–Kier alpha value is -0.170. The number of halogens is 2. The Bertz CT molecular complexity index is 546. The van der Waals surface area contributed by atoms with Gasteiger partial charge in [0.25, 0.3) is 0 Å². The molecule has 0 N–H and O–H groups in total. The first-order chi connectivity index (χ1) is 8.46. The van der Waals surface area contributed by atoms with E-state index in [0.717, 1.165) is 19.3 Å². The van der Waals surface area contributed by atoms with E-state index in [1.165, 1.54) is 12.3 Å². The van der Waals surface area contributed by atoms with Gasteiger partial charge >= 0.3 is 0 Å². The lowest BCUT2D eigenvalue weighted by molar-refractivity contribution is 0.403. The molecule has 1 aliphatic carbocycles. The zero-order valence-corrected chi connectivity index (χ0v) is 13.1. The molecule has 4 nitrogen and oxygen atoms in total. The Morgan fingerprint density at radius 1 is 1.56 bits per heavy atom. The van der Waals surface area contributed by atoms with Crippen LogP contribution in [0.4, 0.5) is 0 Å². The number of pyridine rings is 1. The minimum Gasteiger partial charge on any atom is -0.242 e. The molecule has 1 aromatic heterocycles. The van der Waals surface area contributed by atoms with Crippen molar-refractivity contribution in [3.63, 3.8) is 0 Å². The molecule has 1 saturated carbocycles. The summed E-state index contributed by atoms with van der Waals surface area (Å²) in [6.07, 6.45) is 4.13. The van der Waals surface area contributed by atoms with Gasteiger partial charge in [-0.3, -0.25) is 0 Å². The summed E-state index contributed by atoms with van der Waals surface area (Å²) in [5.41, 5.74) is 0. The molecule has 1 aromatic rings. The van der Waals surface area contributed by atoms with Crippen LogP contribution in [0.15, 0.2) is 21.6 Å². The first-order valence-corrected chi connectivity index (χ1v) is 8.40. The molecule has 1 aliphatic rings. The summed E-state index contributed by atoms with van der Waals surface area (Å²) in [7, 11) is -3.54. The number of hydrogen-bond acceptors (Lipinski definition) is 3. The van der Waals surface area contributed by atoms with Gasteiger partial charge in [0.15, 0.2) is 0 Å². The zero-order chi connectivity index (χ0) is 13.3. The summed E-state index contributed by atoms with van der Waals surface area (Å²) in [4.78, 5) is 3.96. The molecule has 0 aliphatic heterocycles. The smallest absolute Gasteiger partial charge is 0.242 e.